The number of piperazine rings is 1. The molecule has 0 saturated carbocycles. The molecule has 0 spiro atoms. The number of anilines is 1. The molecule has 0 aliphatic carbocycles. The zero-order valence-corrected chi connectivity index (χ0v) is 19.5. The molecule has 0 bridgehead atoms. The highest BCUT2D eigenvalue weighted by atomic mass is 35.5. The molecule has 33 heavy (non-hydrogen) atoms. The fourth-order valence-corrected chi connectivity index (χ4v) is 5.15. The van der Waals surface area contributed by atoms with E-state index in [1.165, 1.54) is 16.4 Å². The van der Waals surface area contributed by atoms with Gasteiger partial charge in [-0.05, 0) is 25.1 Å². The third kappa shape index (κ3) is 5.83. The number of nitrogens with one attached hydrogen (secondary N) is 1. The van der Waals surface area contributed by atoms with Gasteiger partial charge < -0.3 is 25.0 Å². The third-order valence-corrected chi connectivity index (χ3v) is 7.81. The number of nitrogens with zero attached hydrogens (tertiary/aromatic N) is 3. The van der Waals surface area contributed by atoms with E-state index in [1.54, 1.807) is 9.80 Å². The van der Waals surface area contributed by atoms with Gasteiger partial charge in [-0.2, -0.15) is 17.5 Å². The van der Waals surface area contributed by atoms with Gasteiger partial charge in [0, 0.05) is 39.3 Å². The van der Waals surface area contributed by atoms with Crippen LogP contribution in [0.1, 0.15) is 6.92 Å². The van der Waals surface area contributed by atoms with Crippen molar-refractivity contribution in [2.45, 2.75) is 23.6 Å². The molecule has 2 aliphatic heterocycles. The lowest BCUT2D eigenvalue weighted by Gasteiger charge is -2.38. The van der Waals surface area contributed by atoms with Crippen LogP contribution in [0, 0.1) is 0 Å². The predicted molar refractivity (Wildman–Crippen MR) is 115 cm³/mol. The first-order valence-corrected chi connectivity index (χ1v) is 12.1. The van der Waals surface area contributed by atoms with E-state index < -0.39 is 28.3 Å². The number of urea groups is 1. The second-order valence-corrected chi connectivity index (χ2v) is 10.4. The average Bonchev–Trinajstić information content (AvgIpc) is 2.77. The molecule has 1 aromatic carbocycles. The van der Waals surface area contributed by atoms with Gasteiger partial charge >= 0.3 is 12.2 Å². The topological polar surface area (TPSA) is 102 Å². The molecular formula is C19H26ClF3N4O5S. The summed E-state index contributed by atoms with van der Waals surface area (Å²) in [7, 11) is -3.92. The van der Waals surface area contributed by atoms with Crippen molar-refractivity contribution in [2.24, 2.45) is 0 Å². The second kappa shape index (κ2) is 9.82. The predicted octanol–water partition coefficient (Wildman–Crippen LogP) is 1.82. The lowest BCUT2D eigenvalue weighted by molar-refractivity contribution is -0.246. The van der Waals surface area contributed by atoms with Crippen molar-refractivity contribution in [3.8, 4) is 0 Å². The van der Waals surface area contributed by atoms with Gasteiger partial charge in [-0.15, -0.1) is 0 Å². The van der Waals surface area contributed by atoms with Crippen LogP contribution >= 0.6 is 11.6 Å². The van der Waals surface area contributed by atoms with Crippen LogP contribution in [0.15, 0.2) is 23.1 Å². The van der Waals surface area contributed by atoms with Gasteiger partial charge in [-0.3, -0.25) is 0 Å². The third-order valence-electron chi connectivity index (χ3n) is 5.60. The highest BCUT2D eigenvalue weighted by molar-refractivity contribution is 7.89. The number of amides is 2. The van der Waals surface area contributed by atoms with Crippen LogP contribution in [0.4, 0.5) is 23.7 Å². The Balaban J connectivity index is 1.62. The molecule has 1 aromatic rings. The summed E-state index contributed by atoms with van der Waals surface area (Å²) in [5, 5.41) is 11.8. The van der Waals surface area contributed by atoms with E-state index in [2.05, 4.69) is 5.32 Å². The Bertz CT molecular complexity index is 963. The molecular weight excluding hydrogens is 489 g/mol. The first kappa shape index (κ1) is 25.8. The van der Waals surface area contributed by atoms with E-state index in [0.717, 1.165) is 6.07 Å². The summed E-state index contributed by atoms with van der Waals surface area (Å²) in [6.07, 6.45) is -4.85. The minimum atomic E-state index is -4.85. The van der Waals surface area contributed by atoms with Gasteiger partial charge in [0.2, 0.25) is 10.0 Å². The van der Waals surface area contributed by atoms with E-state index in [0.29, 0.717) is 33.2 Å². The second-order valence-electron chi connectivity index (χ2n) is 8.04. The summed E-state index contributed by atoms with van der Waals surface area (Å²) in [5.41, 5.74) is -2.93. The molecule has 186 valence electrons. The molecule has 14 heteroatoms. The van der Waals surface area contributed by atoms with Crippen LogP contribution in [-0.2, 0) is 14.8 Å². The number of hydrogen-bond donors (Lipinski definition) is 2. The van der Waals surface area contributed by atoms with Crippen molar-refractivity contribution in [3.63, 3.8) is 0 Å². The number of halogens is 4. The number of carbonyl (C=O) groups excluding carboxylic acids is 1. The van der Waals surface area contributed by atoms with E-state index in [4.69, 9.17) is 16.3 Å². The van der Waals surface area contributed by atoms with Crippen LogP contribution in [0.2, 0.25) is 5.02 Å². The molecule has 2 N–H and O–H groups in total. The zero-order chi connectivity index (χ0) is 24.4. The van der Waals surface area contributed by atoms with Crippen molar-refractivity contribution in [1.29, 1.82) is 0 Å². The Morgan fingerprint density at radius 2 is 1.70 bits per heavy atom. The molecule has 3 rings (SSSR count). The first-order valence-electron chi connectivity index (χ1n) is 10.3. The van der Waals surface area contributed by atoms with Gasteiger partial charge in [0.25, 0.3) is 0 Å². The summed E-state index contributed by atoms with van der Waals surface area (Å²) in [4.78, 5) is 15.7. The molecule has 1 unspecified atom stereocenters. The normalized spacial score (nSPS) is 20.4. The standard InChI is InChI=1S/C19H26ClF3N4O5S/c1-18(29,19(21,22)23)13-24-16-3-2-14(12-15(16)20)33(30,31)27-6-4-25(5-7-27)17(28)26-8-10-32-11-9-26/h2-3,12,24,29H,4-11,13H2,1H3. The average molecular weight is 515 g/mol. The summed E-state index contributed by atoms with van der Waals surface area (Å²) in [6.45, 7) is 2.36. The number of alkyl halides is 3. The van der Waals surface area contributed by atoms with Crippen molar-refractivity contribution in [1.82, 2.24) is 14.1 Å². The van der Waals surface area contributed by atoms with E-state index in [-0.39, 0.29) is 47.8 Å². The number of sulfonamides is 1. The maximum Gasteiger partial charge on any atom is 0.418 e. The van der Waals surface area contributed by atoms with Gasteiger partial charge in [0.1, 0.15) is 0 Å². The number of hydrogen-bond acceptors (Lipinski definition) is 6. The van der Waals surface area contributed by atoms with E-state index in [1.807, 2.05) is 0 Å². The molecule has 2 saturated heterocycles. The van der Waals surface area contributed by atoms with Crippen molar-refractivity contribution in [2.75, 3.05) is 64.3 Å². The van der Waals surface area contributed by atoms with Crippen LogP contribution in [-0.4, -0.2) is 104 Å². The van der Waals surface area contributed by atoms with Gasteiger partial charge in [0.15, 0.2) is 5.60 Å². The summed E-state index contributed by atoms with van der Waals surface area (Å²) >= 11 is 6.09. The fourth-order valence-electron chi connectivity index (χ4n) is 3.39. The smallest absolute Gasteiger partial charge is 0.381 e. The Morgan fingerprint density at radius 1 is 1.12 bits per heavy atom. The Hall–Kier alpha value is -1.80. The minimum Gasteiger partial charge on any atom is -0.381 e. The largest absolute Gasteiger partial charge is 0.418 e. The van der Waals surface area contributed by atoms with Gasteiger partial charge in [-0.1, -0.05) is 11.6 Å². The van der Waals surface area contributed by atoms with Gasteiger partial charge in [0.05, 0.1) is 35.4 Å². The summed E-state index contributed by atoms with van der Waals surface area (Å²) < 4.78 is 70.9. The lowest BCUT2D eigenvalue weighted by atomic mass is 10.1. The highest BCUT2D eigenvalue weighted by Gasteiger charge is 2.49. The minimum absolute atomic E-state index is 0.0565. The number of carbonyl (C=O) groups is 1. The number of benzene rings is 1. The SMILES string of the molecule is CC(O)(CNc1ccc(S(=O)(=O)N2CCN(C(=O)N3CCOCC3)CC2)cc1Cl)C(F)(F)F. The van der Waals surface area contributed by atoms with Crippen LogP contribution in [0.25, 0.3) is 0 Å². The molecule has 2 heterocycles. The number of aliphatic hydroxyl groups is 1. The van der Waals surface area contributed by atoms with Crippen LogP contribution in [0.5, 0.6) is 0 Å². The summed E-state index contributed by atoms with van der Waals surface area (Å²) in [6, 6.07) is 3.48. The van der Waals surface area contributed by atoms with Crippen LogP contribution < -0.4 is 5.32 Å². The Morgan fingerprint density at radius 3 is 2.24 bits per heavy atom. The van der Waals surface area contributed by atoms with E-state index in [9.17, 15) is 31.5 Å². The molecule has 2 fully saturated rings. The molecule has 0 aromatic heterocycles. The van der Waals surface area contributed by atoms with Crippen molar-refractivity contribution in [3.05, 3.63) is 23.2 Å². The fraction of sp³-hybridized carbons (Fsp3) is 0.632. The molecule has 9 nitrogen and oxygen atoms in total. The molecule has 1 atom stereocenters. The number of rotatable bonds is 5. The van der Waals surface area contributed by atoms with Crippen LogP contribution in [0.3, 0.4) is 0 Å². The number of ether oxygens (including phenoxy) is 1. The number of morpholine rings is 1. The monoisotopic (exact) mass is 514 g/mol. The lowest BCUT2D eigenvalue weighted by Crippen LogP contribution is -2.55. The maximum absolute atomic E-state index is 13.0. The molecule has 2 aliphatic rings. The highest BCUT2D eigenvalue weighted by Crippen LogP contribution is 2.32. The summed E-state index contributed by atoms with van der Waals surface area (Å²) in [5.74, 6) is 0. The Labute approximate surface area is 195 Å². The quantitative estimate of drug-likeness (QED) is 0.621. The molecule has 0 radical (unpaired) electrons. The maximum atomic E-state index is 13.0. The van der Waals surface area contributed by atoms with Crippen molar-refractivity contribution >= 4 is 33.3 Å². The van der Waals surface area contributed by atoms with E-state index >= 15 is 0 Å². The molecule has 2 amide bonds. The van der Waals surface area contributed by atoms with Crippen molar-refractivity contribution < 1.29 is 36.2 Å². The Kier molecular flexibility index (Phi) is 7.68. The van der Waals surface area contributed by atoms with Gasteiger partial charge in [-0.25, -0.2) is 13.2 Å². The first-order chi connectivity index (χ1) is 15.3. The zero-order valence-electron chi connectivity index (χ0n) is 17.9.